The Labute approximate surface area is 131 Å². The van der Waals surface area contributed by atoms with E-state index < -0.39 is 12.6 Å². The van der Waals surface area contributed by atoms with Gasteiger partial charge in [-0.3, -0.25) is 0 Å². The fourth-order valence-electron chi connectivity index (χ4n) is 4.67. The van der Waals surface area contributed by atoms with E-state index in [1.165, 1.54) is 0 Å². The number of ether oxygens (including phenoxy) is 3. The van der Waals surface area contributed by atoms with E-state index in [1.54, 1.807) is 0 Å². The Hall–Kier alpha value is -0.910. The first-order valence-corrected chi connectivity index (χ1v) is 8.21. The Morgan fingerprint density at radius 2 is 2.18 bits per heavy atom. The molecule has 124 valence electrons. The van der Waals surface area contributed by atoms with E-state index in [9.17, 15) is 9.90 Å². The monoisotopic (exact) mass is 310 g/mol. The van der Waals surface area contributed by atoms with Gasteiger partial charge in [0.05, 0.1) is 0 Å². The molecule has 0 bridgehead atoms. The Morgan fingerprint density at radius 3 is 2.86 bits per heavy atom. The summed E-state index contributed by atoms with van der Waals surface area (Å²) in [5, 5.41) is 10.1. The highest BCUT2D eigenvalue weighted by Crippen LogP contribution is 2.55. The molecule has 5 heteroatoms. The maximum atomic E-state index is 11.9. The Kier molecular flexibility index (Phi) is 4.08. The van der Waals surface area contributed by atoms with Gasteiger partial charge in [-0.1, -0.05) is 20.4 Å². The topological polar surface area (TPSA) is 65.0 Å². The number of hydrogen-bond donors (Lipinski definition) is 1. The quantitative estimate of drug-likeness (QED) is 0.626. The van der Waals surface area contributed by atoms with Gasteiger partial charge in [-0.25, -0.2) is 4.79 Å². The summed E-state index contributed by atoms with van der Waals surface area (Å²) in [4.78, 5) is 11.9. The van der Waals surface area contributed by atoms with Crippen LogP contribution < -0.4 is 0 Å². The highest BCUT2D eigenvalue weighted by atomic mass is 16.7. The van der Waals surface area contributed by atoms with Crippen molar-refractivity contribution in [3.05, 3.63) is 12.2 Å². The van der Waals surface area contributed by atoms with Crippen molar-refractivity contribution in [2.75, 3.05) is 6.61 Å². The zero-order chi connectivity index (χ0) is 16.1. The van der Waals surface area contributed by atoms with Crippen LogP contribution in [0.15, 0.2) is 12.2 Å². The molecule has 0 unspecified atom stereocenters. The largest absolute Gasteiger partial charge is 0.458 e. The third-order valence-electron chi connectivity index (χ3n) is 5.81. The molecule has 0 aromatic rings. The van der Waals surface area contributed by atoms with Crippen LogP contribution in [0.2, 0.25) is 0 Å². The average Bonchev–Trinajstić information content (AvgIpc) is 2.64. The third-order valence-corrected chi connectivity index (χ3v) is 5.81. The van der Waals surface area contributed by atoms with Gasteiger partial charge in [0.2, 0.25) is 0 Å². The molecular weight excluding hydrogens is 284 g/mol. The van der Waals surface area contributed by atoms with Crippen molar-refractivity contribution in [3.8, 4) is 0 Å². The molecule has 1 N–H and O–H groups in total. The number of aliphatic hydroxyl groups is 1. The second-order valence-corrected chi connectivity index (χ2v) is 7.22. The summed E-state index contributed by atoms with van der Waals surface area (Å²) in [7, 11) is 0. The van der Waals surface area contributed by atoms with Crippen LogP contribution in [0, 0.1) is 23.2 Å². The first-order chi connectivity index (χ1) is 10.4. The van der Waals surface area contributed by atoms with E-state index in [-0.39, 0.29) is 29.3 Å². The molecule has 3 fully saturated rings. The van der Waals surface area contributed by atoms with Gasteiger partial charge >= 0.3 is 5.97 Å². The van der Waals surface area contributed by atoms with Gasteiger partial charge in [-0.05, 0) is 31.6 Å². The molecule has 1 saturated carbocycles. The van der Waals surface area contributed by atoms with Crippen LogP contribution in [0.1, 0.15) is 40.0 Å². The van der Waals surface area contributed by atoms with E-state index in [0.29, 0.717) is 24.5 Å². The molecule has 1 aliphatic carbocycles. The van der Waals surface area contributed by atoms with Crippen molar-refractivity contribution >= 4 is 5.97 Å². The maximum Gasteiger partial charge on any atom is 0.334 e. The Morgan fingerprint density at radius 1 is 1.45 bits per heavy atom. The summed E-state index contributed by atoms with van der Waals surface area (Å²) >= 11 is 0. The van der Waals surface area contributed by atoms with Gasteiger partial charge in [-0.2, -0.15) is 0 Å². The van der Waals surface area contributed by atoms with Gasteiger partial charge in [0.15, 0.2) is 12.6 Å². The molecule has 0 amide bonds. The lowest BCUT2D eigenvalue weighted by molar-refractivity contribution is -0.318. The third kappa shape index (κ3) is 2.39. The van der Waals surface area contributed by atoms with Gasteiger partial charge in [0.25, 0.3) is 0 Å². The van der Waals surface area contributed by atoms with E-state index in [0.717, 1.165) is 12.8 Å². The fourth-order valence-corrected chi connectivity index (χ4v) is 4.67. The van der Waals surface area contributed by atoms with E-state index in [2.05, 4.69) is 20.4 Å². The van der Waals surface area contributed by atoms with Crippen molar-refractivity contribution in [2.45, 2.75) is 58.7 Å². The number of carbonyl (C=O) groups is 1. The SMILES string of the molecule is C=C1C(=O)O[C@@H]2C[C@H](C)[C@@H]3C[C@H](O)O[C@H](OCC)[C@@]3(C)C[C@H]12. The Bertz CT molecular complexity index is 476. The molecule has 3 rings (SSSR count). The number of fused-ring (bicyclic) bond motifs is 2. The van der Waals surface area contributed by atoms with Crippen LogP contribution in [0.3, 0.4) is 0 Å². The minimum absolute atomic E-state index is 0.0201. The molecule has 0 spiro atoms. The van der Waals surface area contributed by atoms with E-state index >= 15 is 0 Å². The minimum atomic E-state index is -0.791. The van der Waals surface area contributed by atoms with Crippen molar-refractivity contribution in [1.29, 1.82) is 0 Å². The fraction of sp³-hybridized carbons (Fsp3) is 0.824. The molecule has 0 aromatic heterocycles. The maximum absolute atomic E-state index is 11.9. The first kappa shape index (κ1) is 16.0. The molecule has 2 saturated heterocycles. The van der Waals surface area contributed by atoms with Gasteiger partial charge < -0.3 is 19.3 Å². The summed E-state index contributed by atoms with van der Waals surface area (Å²) in [6.07, 6.45) is 0.797. The van der Waals surface area contributed by atoms with Crippen molar-refractivity contribution < 1.29 is 24.1 Å². The zero-order valence-electron chi connectivity index (χ0n) is 13.6. The van der Waals surface area contributed by atoms with Crippen LogP contribution in [0.4, 0.5) is 0 Å². The van der Waals surface area contributed by atoms with Gasteiger partial charge in [0.1, 0.15) is 6.10 Å². The Balaban J connectivity index is 1.95. The standard InChI is InChI=1S/C17H26O5/c1-5-20-16-17(4)8-11-10(3)15(19)21-13(11)6-9(2)12(17)7-14(18)22-16/h9,11-14,16,18H,3,5-8H2,1-2,4H3/t9-,11+,12-,13+,14+,16-,17-/m0/s1. The summed E-state index contributed by atoms with van der Waals surface area (Å²) in [6.45, 7) is 10.7. The van der Waals surface area contributed by atoms with Gasteiger partial charge in [0, 0.05) is 29.9 Å². The van der Waals surface area contributed by atoms with Crippen LogP contribution in [-0.4, -0.2) is 36.4 Å². The summed E-state index contributed by atoms with van der Waals surface area (Å²) < 4.78 is 17.0. The molecule has 5 nitrogen and oxygen atoms in total. The van der Waals surface area contributed by atoms with Gasteiger partial charge in [-0.15, -0.1) is 0 Å². The summed E-state index contributed by atoms with van der Waals surface area (Å²) in [5.74, 6) is 0.339. The first-order valence-electron chi connectivity index (χ1n) is 8.21. The second kappa shape index (κ2) is 5.62. The van der Waals surface area contributed by atoms with Crippen LogP contribution in [0.5, 0.6) is 0 Å². The highest BCUT2D eigenvalue weighted by Gasteiger charge is 2.56. The van der Waals surface area contributed by atoms with Crippen molar-refractivity contribution in [1.82, 2.24) is 0 Å². The van der Waals surface area contributed by atoms with E-state index in [1.807, 2.05) is 6.92 Å². The lowest BCUT2D eigenvalue weighted by atomic mass is 9.65. The molecule has 0 radical (unpaired) electrons. The number of esters is 1. The molecular formula is C17H26O5. The van der Waals surface area contributed by atoms with Crippen LogP contribution in [-0.2, 0) is 19.0 Å². The van der Waals surface area contributed by atoms with Crippen LogP contribution >= 0.6 is 0 Å². The lowest BCUT2D eigenvalue weighted by Crippen LogP contribution is -2.52. The van der Waals surface area contributed by atoms with Crippen molar-refractivity contribution in [3.63, 3.8) is 0 Å². The number of hydrogen-bond acceptors (Lipinski definition) is 5. The average molecular weight is 310 g/mol. The zero-order valence-corrected chi connectivity index (χ0v) is 13.6. The second-order valence-electron chi connectivity index (χ2n) is 7.22. The molecule has 2 heterocycles. The van der Waals surface area contributed by atoms with Crippen LogP contribution in [0.25, 0.3) is 0 Å². The number of carbonyl (C=O) groups excluding carboxylic acids is 1. The number of rotatable bonds is 2. The highest BCUT2D eigenvalue weighted by molar-refractivity contribution is 5.90. The molecule has 3 aliphatic rings. The lowest BCUT2D eigenvalue weighted by Gasteiger charge is -2.49. The molecule has 22 heavy (non-hydrogen) atoms. The summed E-state index contributed by atoms with van der Waals surface area (Å²) in [5.41, 5.74) is 0.311. The predicted molar refractivity (Wildman–Crippen MR) is 79.6 cm³/mol. The summed E-state index contributed by atoms with van der Waals surface area (Å²) in [6, 6.07) is 0. The van der Waals surface area contributed by atoms with Crippen molar-refractivity contribution in [2.24, 2.45) is 23.2 Å². The molecule has 0 aromatic carbocycles. The predicted octanol–water partition coefficient (Wildman–Crippen LogP) is 2.24. The normalized spacial score (nSPS) is 48.4. The molecule has 7 atom stereocenters. The minimum Gasteiger partial charge on any atom is -0.458 e. The molecule has 2 aliphatic heterocycles. The van der Waals surface area contributed by atoms with E-state index in [4.69, 9.17) is 14.2 Å². The number of aliphatic hydroxyl groups excluding tert-OH is 1. The smallest absolute Gasteiger partial charge is 0.334 e.